The Bertz CT molecular complexity index is 693. The molecule has 0 N–H and O–H groups in total. The van der Waals surface area contributed by atoms with E-state index in [0.29, 0.717) is 11.4 Å². The minimum Gasteiger partial charge on any atom is -0.427 e. The van der Waals surface area contributed by atoms with E-state index in [9.17, 15) is 14.4 Å². The first-order chi connectivity index (χ1) is 10.6. The van der Waals surface area contributed by atoms with Crippen molar-refractivity contribution >= 4 is 23.5 Å². The van der Waals surface area contributed by atoms with Crippen molar-refractivity contribution in [2.24, 2.45) is 23.7 Å². The number of imide groups is 1. The summed E-state index contributed by atoms with van der Waals surface area (Å²) in [6.45, 7) is 1.31. The Morgan fingerprint density at radius 2 is 1.77 bits per heavy atom. The molecular formula is C17H15NO4. The van der Waals surface area contributed by atoms with E-state index < -0.39 is 5.97 Å². The fraction of sp³-hybridized carbons (Fsp3) is 0.353. The molecule has 5 heteroatoms. The summed E-state index contributed by atoms with van der Waals surface area (Å²) in [7, 11) is 0. The van der Waals surface area contributed by atoms with E-state index >= 15 is 0 Å². The van der Waals surface area contributed by atoms with Crippen LogP contribution in [-0.2, 0) is 14.4 Å². The van der Waals surface area contributed by atoms with Crippen LogP contribution in [0, 0.1) is 23.7 Å². The van der Waals surface area contributed by atoms with E-state index in [1.165, 1.54) is 11.8 Å². The number of amides is 2. The number of allylic oxidation sites excluding steroid dienone is 2. The van der Waals surface area contributed by atoms with Crippen molar-refractivity contribution in [2.75, 3.05) is 4.90 Å². The molecule has 4 rings (SSSR count). The molecule has 0 radical (unpaired) electrons. The fourth-order valence-corrected chi connectivity index (χ4v) is 4.01. The van der Waals surface area contributed by atoms with Crippen LogP contribution >= 0.6 is 0 Å². The average molecular weight is 297 g/mol. The molecule has 4 atom stereocenters. The second-order valence-electron chi connectivity index (χ2n) is 6.10. The lowest BCUT2D eigenvalue weighted by molar-refractivity contribution is -0.132. The Kier molecular flexibility index (Phi) is 2.73. The number of hydrogen-bond donors (Lipinski definition) is 0. The van der Waals surface area contributed by atoms with Crippen LogP contribution in [0.15, 0.2) is 36.4 Å². The Balaban J connectivity index is 1.68. The van der Waals surface area contributed by atoms with Crippen LogP contribution < -0.4 is 9.64 Å². The summed E-state index contributed by atoms with van der Waals surface area (Å²) in [5.74, 6) is -0.432. The van der Waals surface area contributed by atoms with Crippen molar-refractivity contribution in [3.8, 4) is 5.75 Å². The third-order valence-electron chi connectivity index (χ3n) is 4.81. The number of anilines is 1. The minimum absolute atomic E-state index is 0.133. The largest absolute Gasteiger partial charge is 0.427 e. The number of nitrogens with zero attached hydrogens (tertiary/aromatic N) is 1. The molecular weight excluding hydrogens is 282 g/mol. The first kappa shape index (κ1) is 13.2. The number of esters is 1. The van der Waals surface area contributed by atoms with Crippen LogP contribution in [-0.4, -0.2) is 17.8 Å². The van der Waals surface area contributed by atoms with Gasteiger partial charge < -0.3 is 4.74 Å². The molecule has 0 spiro atoms. The molecule has 0 aromatic heterocycles. The quantitative estimate of drug-likeness (QED) is 0.362. The Hall–Kier alpha value is -2.43. The van der Waals surface area contributed by atoms with Gasteiger partial charge in [0.25, 0.3) is 0 Å². The van der Waals surface area contributed by atoms with E-state index in [1.54, 1.807) is 24.3 Å². The summed E-state index contributed by atoms with van der Waals surface area (Å²) >= 11 is 0. The number of hydrogen-bond acceptors (Lipinski definition) is 4. The van der Waals surface area contributed by atoms with Crippen LogP contribution in [0.5, 0.6) is 5.75 Å². The number of carbonyl (C=O) groups excluding carboxylic acids is 3. The predicted molar refractivity (Wildman–Crippen MR) is 78.0 cm³/mol. The lowest BCUT2D eigenvalue weighted by Gasteiger charge is -2.17. The molecule has 1 aromatic rings. The molecule has 1 aliphatic heterocycles. The molecule has 22 heavy (non-hydrogen) atoms. The molecule has 2 fully saturated rings. The molecule has 2 bridgehead atoms. The first-order valence-corrected chi connectivity index (χ1v) is 7.41. The van der Waals surface area contributed by atoms with Crippen molar-refractivity contribution in [2.45, 2.75) is 13.3 Å². The van der Waals surface area contributed by atoms with E-state index in [-0.39, 0.29) is 35.5 Å². The topological polar surface area (TPSA) is 63.7 Å². The SMILES string of the molecule is CC(=O)Oc1cccc(N2C(=O)[C@@H]3[C@@H](C2=O)[C@@H]2C=C[C@@H]3C2)c1. The second-order valence-corrected chi connectivity index (χ2v) is 6.10. The van der Waals surface area contributed by atoms with Gasteiger partial charge in [0.15, 0.2) is 0 Å². The van der Waals surface area contributed by atoms with Gasteiger partial charge in [-0.1, -0.05) is 18.2 Å². The van der Waals surface area contributed by atoms with Crippen molar-refractivity contribution in [1.82, 2.24) is 0 Å². The van der Waals surface area contributed by atoms with Gasteiger partial charge in [-0.05, 0) is 30.4 Å². The average Bonchev–Trinajstić information content (AvgIpc) is 3.12. The van der Waals surface area contributed by atoms with Gasteiger partial charge >= 0.3 is 5.97 Å². The molecule has 2 amide bonds. The van der Waals surface area contributed by atoms with Gasteiger partial charge in [-0.2, -0.15) is 0 Å². The van der Waals surface area contributed by atoms with Crippen molar-refractivity contribution in [1.29, 1.82) is 0 Å². The zero-order valence-corrected chi connectivity index (χ0v) is 12.1. The molecule has 112 valence electrons. The highest BCUT2D eigenvalue weighted by Crippen LogP contribution is 2.53. The van der Waals surface area contributed by atoms with Crippen LogP contribution in [0.4, 0.5) is 5.69 Å². The third-order valence-corrected chi connectivity index (χ3v) is 4.81. The first-order valence-electron chi connectivity index (χ1n) is 7.41. The molecule has 5 nitrogen and oxygen atoms in total. The number of rotatable bonds is 2. The van der Waals surface area contributed by atoms with Gasteiger partial charge in [-0.15, -0.1) is 0 Å². The highest BCUT2D eigenvalue weighted by molar-refractivity contribution is 6.22. The number of ether oxygens (including phenoxy) is 1. The van der Waals surface area contributed by atoms with E-state index in [4.69, 9.17) is 4.74 Å². The van der Waals surface area contributed by atoms with Crippen LogP contribution in [0.25, 0.3) is 0 Å². The van der Waals surface area contributed by atoms with Crippen molar-refractivity contribution in [3.05, 3.63) is 36.4 Å². The predicted octanol–water partition coefficient (Wildman–Crippen LogP) is 1.92. The van der Waals surface area contributed by atoms with Crippen LogP contribution in [0.3, 0.4) is 0 Å². The summed E-state index contributed by atoms with van der Waals surface area (Å²) in [6, 6.07) is 6.56. The van der Waals surface area contributed by atoms with Crippen LogP contribution in [0.1, 0.15) is 13.3 Å². The van der Waals surface area contributed by atoms with Crippen molar-refractivity contribution < 1.29 is 19.1 Å². The summed E-state index contributed by atoms with van der Waals surface area (Å²) in [4.78, 5) is 37.7. The number of fused-ring (bicyclic) bond motifs is 5. The van der Waals surface area contributed by atoms with Crippen LogP contribution in [0.2, 0.25) is 0 Å². The lowest BCUT2D eigenvalue weighted by atomic mass is 9.85. The molecule has 1 aromatic carbocycles. The van der Waals surface area contributed by atoms with Gasteiger partial charge in [-0.3, -0.25) is 14.4 Å². The highest BCUT2D eigenvalue weighted by Gasteiger charge is 2.59. The number of carbonyl (C=O) groups is 3. The monoisotopic (exact) mass is 297 g/mol. The van der Waals surface area contributed by atoms with Gasteiger partial charge in [0.1, 0.15) is 5.75 Å². The Morgan fingerprint density at radius 3 is 2.36 bits per heavy atom. The molecule has 1 heterocycles. The normalized spacial score (nSPS) is 31.8. The standard InChI is InChI=1S/C17H15NO4/c1-9(19)22-13-4-2-3-12(8-13)18-16(20)14-10-5-6-11(7-10)15(14)17(18)21/h2-6,8,10-11,14-15H,7H2,1H3/t10-,11-,14+,15+/m1/s1. The highest BCUT2D eigenvalue weighted by atomic mass is 16.5. The smallest absolute Gasteiger partial charge is 0.308 e. The summed E-state index contributed by atoms with van der Waals surface area (Å²) < 4.78 is 5.03. The van der Waals surface area contributed by atoms with E-state index in [0.717, 1.165) is 6.42 Å². The third kappa shape index (κ3) is 1.75. The second kappa shape index (κ2) is 4.53. The minimum atomic E-state index is -0.435. The molecule has 0 unspecified atom stereocenters. The maximum absolute atomic E-state index is 12.7. The zero-order valence-electron chi connectivity index (χ0n) is 12.1. The summed E-state index contributed by atoms with van der Waals surface area (Å²) in [5.41, 5.74) is 0.475. The summed E-state index contributed by atoms with van der Waals surface area (Å²) in [6.07, 6.45) is 5.04. The zero-order chi connectivity index (χ0) is 15.4. The fourth-order valence-electron chi connectivity index (χ4n) is 4.01. The Labute approximate surface area is 127 Å². The van der Waals surface area contributed by atoms with Gasteiger partial charge in [0.05, 0.1) is 17.5 Å². The van der Waals surface area contributed by atoms with E-state index in [2.05, 4.69) is 12.2 Å². The Morgan fingerprint density at radius 1 is 1.14 bits per heavy atom. The molecule has 2 aliphatic carbocycles. The van der Waals surface area contributed by atoms with Crippen molar-refractivity contribution in [3.63, 3.8) is 0 Å². The van der Waals surface area contributed by atoms with Gasteiger partial charge in [0, 0.05) is 13.0 Å². The van der Waals surface area contributed by atoms with Gasteiger partial charge in [-0.25, -0.2) is 4.90 Å². The maximum atomic E-state index is 12.7. The molecule has 3 aliphatic rings. The number of benzene rings is 1. The molecule has 1 saturated carbocycles. The summed E-state index contributed by atoms with van der Waals surface area (Å²) in [5, 5.41) is 0. The van der Waals surface area contributed by atoms with Gasteiger partial charge in [0.2, 0.25) is 11.8 Å². The maximum Gasteiger partial charge on any atom is 0.308 e. The lowest BCUT2D eigenvalue weighted by Crippen LogP contribution is -2.32. The molecule has 1 saturated heterocycles. The van der Waals surface area contributed by atoms with E-state index in [1.807, 2.05) is 0 Å².